The van der Waals surface area contributed by atoms with Gasteiger partial charge in [0.25, 0.3) is 0 Å². The Labute approximate surface area is 357 Å². The van der Waals surface area contributed by atoms with Gasteiger partial charge in [-0.15, -0.1) is 0 Å². The van der Waals surface area contributed by atoms with Crippen LogP contribution in [0.1, 0.15) is 47.2 Å². The van der Waals surface area contributed by atoms with Crippen molar-refractivity contribution >= 4 is 38.6 Å². The van der Waals surface area contributed by atoms with Gasteiger partial charge in [-0.3, -0.25) is 0 Å². The second-order valence-electron chi connectivity index (χ2n) is 17.3. The van der Waals surface area contributed by atoms with Gasteiger partial charge in [-0.05, 0) is 125 Å². The Morgan fingerprint density at radius 2 is 0.852 bits per heavy atom. The van der Waals surface area contributed by atoms with Gasteiger partial charge in [-0.2, -0.15) is 0 Å². The van der Waals surface area contributed by atoms with Gasteiger partial charge in [-0.25, -0.2) is 0 Å². The van der Waals surface area contributed by atoms with Crippen molar-refractivity contribution in [3.63, 3.8) is 0 Å². The third kappa shape index (κ3) is 5.27. The molecule has 0 spiro atoms. The molecule has 0 radical (unpaired) electrons. The summed E-state index contributed by atoms with van der Waals surface area (Å²) in [6.07, 6.45) is 0. The predicted octanol–water partition coefficient (Wildman–Crippen LogP) is 15.8. The van der Waals surface area contributed by atoms with E-state index in [0.29, 0.717) is 0 Å². The molecular weight excluding hydrogens is 735 g/mol. The Bertz CT molecular complexity index is 3240. The zero-order chi connectivity index (χ0) is 40.7. The van der Waals surface area contributed by atoms with Crippen LogP contribution in [0.3, 0.4) is 0 Å². The van der Waals surface area contributed by atoms with Gasteiger partial charge in [0, 0.05) is 22.5 Å². The van der Waals surface area contributed by atoms with E-state index < -0.39 is 5.41 Å². The molecule has 0 saturated carbocycles. The highest BCUT2D eigenvalue weighted by atomic mass is 15.1. The molecule has 2 aliphatic rings. The van der Waals surface area contributed by atoms with E-state index in [1.807, 2.05) is 0 Å². The van der Waals surface area contributed by atoms with Crippen LogP contribution in [-0.4, -0.2) is 0 Å². The number of rotatable bonds is 7. The molecule has 1 nitrogen and oxygen atoms in total. The van der Waals surface area contributed by atoms with E-state index in [1.54, 1.807) is 0 Å². The highest BCUT2D eigenvalue weighted by Gasteiger charge is 2.47. The quantitative estimate of drug-likeness (QED) is 0.146. The van der Waals surface area contributed by atoms with Crippen molar-refractivity contribution < 1.29 is 0 Å². The summed E-state index contributed by atoms with van der Waals surface area (Å²) in [5.41, 5.74) is 18.1. The lowest BCUT2D eigenvalue weighted by Crippen LogP contribution is -2.29. The Hall–Kier alpha value is -7.48. The number of anilines is 3. The second-order valence-corrected chi connectivity index (χ2v) is 17.3. The lowest BCUT2D eigenvalue weighted by molar-refractivity contribution is 0.655. The lowest BCUT2D eigenvalue weighted by atomic mass is 9.66. The number of nitrogens with zero attached hydrogens (tertiary/aromatic N) is 1. The lowest BCUT2D eigenvalue weighted by Gasteiger charge is -2.36. The van der Waals surface area contributed by atoms with Crippen molar-refractivity contribution in [3.8, 4) is 33.4 Å². The Morgan fingerprint density at radius 3 is 1.54 bits per heavy atom. The normalized spacial score (nSPS) is 15.6. The summed E-state index contributed by atoms with van der Waals surface area (Å²) >= 11 is 0. The van der Waals surface area contributed by atoms with Crippen molar-refractivity contribution in [2.24, 2.45) is 0 Å². The molecule has 0 saturated heterocycles. The van der Waals surface area contributed by atoms with E-state index in [9.17, 15) is 0 Å². The first kappa shape index (κ1) is 35.5. The molecule has 10 aromatic carbocycles. The molecule has 12 rings (SSSR count). The summed E-state index contributed by atoms with van der Waals surface area (Å²) < 4.78 is 0. The fourth-order valence-electron chi connectivity index (χ4n) is 10.9. The van der Waals surface area contributed by atoms with Crippen LogP contribution in [0.4, 0.5) is 17.1 Å². The van der Waals surface area contributed by atoms with Crippen molar-refractivity contribution in [2.45, 2.75) is 24.7 Å². The van der Waals surface area contributed by atoms with E-state index in [-0.39, 0.29) is 5.41 Å². The first-order valence-electron chi connectivity index (χ1n) is 21.4. The minimum absolute atomic E-state index is 0.140. The maximum atomic E-state index is 2.55. The van der Waals surface area contributed by atoms with Crippen molar-refractivity contribution in [3.05, 3.63) is 258 Å². The Balaban J connectivity index is 1.16. The first-order chi connectivity index (χ1) is 30.0. The average Bonchev–Trinajstić information content (AvgIpc) is 3.75. The molecule has 1 heteroatoms. The number of hydrogen-bond acceptors (Lipinski definition) is 1. The van der Waals surface area contributed by atoms with E-state index >= 15 is 0 Å². The van der Waals surface area contributed by atoms with Gasteiger partial charge < -0.3 is 4.90 Å². The molecule has 0 aromatic heterocycles. The van der Waals surface area contributed by atoms with Crippen LogP contribution < -0.4 is 4.90 Å². The monoisotopic (exact) mass is 777 g/mol. The van der Waals surface area contributed by atoms with Gasteiger partial charge in [0.05, 0.1) is 5.41 Å². The fourth-order valence-corrected chi connectivity index (χ4v) is 10.9. The molecule has 0 aliphatic heterocycles. The van der Waals surface area contributed by atoms with Crippen molar-refractivity contribution in [1.29, 1.82) is 0 Å². The van der Waals surface area contributed by atoms with Gasteiger partial charge in [0.1, 0.15) is 0 Å². The van der Waals surface area contributed by atoms with Crippen LogP contribution >= 0.6 is 0 Å². The van der Waals surface area contributed by atoms with E-state index in [1.165, 1.54) is 88.3 Å². The highest BCUT2D eigenvalue weighted by molar-refractivity contribution is 6.17. The van der Waals surface area contributed by atoms with Crippen LogP contribution in [0.15, 0.2) is 224 Å². The molecule has 0 bridgehead atoms. The van der Waals surface area contributed by atoms with Crippen LogP contribution in [0.25, 0.3) is 54.9 Å². The minimum Gasteiger partial charge on any atom is -0.310 e. The van der Waals surface area contributed by atoms with Gasteiger partial charge in [0.2, 0.25) is 0 Å². The summed E-state index contributed by atoms with van der Waals surface area (Å²) in [6.45, 7) is 4.79. The van der Waals surface area contributed by atoms with Crippen LogP contribution in [0, 0.1) is 0 Å². The molecule has 10 aromatic rings. The predicted molar refractivity (Wildman–Crippen MR) is 256 cm³/mol. The summed E-state index contributed by atoms with van der Waals surface area (Å²) in [6, 6.07) is 83.7. The zero-order valence-electron chi connectivity index (χ0n) is 34.3. The SMILES string of the molecule is CC1(C)c2ccccc2-c2ccc(C3(c4ccccc4)c4cccc5ccc6cc(N(c7cccc(-c8ccccc8)c7)c7cccc(-c8ccccc8)c7)cc3c6c45)cc21. The van der Waals surface area contributed by atoms with Crippen molar-refractivity contribution in [2.75, 3.05) is 4.90 Å². The topological polar surface area (TPSA) is 3.24 Å². The maximum Gasteiger partial charge on any atom is 0.0714 e. The summed E-state index contributed by atoms with van der Waals surface area (Å²) in [7, 11) is 0. The number of hydrogen-bond donors (Lipinski definition) is 0. The molecule has 1 unspecified atom stereocenters. The zero-order valence-corrected chi connectivity index (χ0v) is 34.3. The van der Waals surface area contributed by atoms with Gasteiger partial charge >= 0.3 is 0 Å². The van der Waals surface area contributed by atoms with Crippen molar-refractivity contribution in [1.82, 2.24) is 0 Å². The average molecular weight is 778 g/mol. The smallest absolute Gasteiger partial charge is 0.0714 e. The third-order valence-corrected chi connectivity index (χ3v) is 13.7. The molecule has 288 valence electrons. The minimum atomic E-state index is -0.581. The van der Waals surface area contributed by atoms with Gasteiger partial charge in [0.15, 0.2) is 0 Å². The summed E-state index contributed by atoms with van der Waals surface area (Å²) in [5.74, 6) is 0. The maximum absolute atomic E-state index is 2.55. The largest absolute Gasteiger partial charge is 0.310 e. The molecule has 0 N–H and O–H groups in total. The molecule has 0 amide bonds. The first-order valence-corrected chi connectivity index (χ1v) is 21.4. The Kier molecular flexibility index (Phi) is 7.86. The summed E-state index contributed by atoms with van der Waals surface area (Å²) in [5, 5.41) is 5.19. The molecule has 0 heterocycles. The number of fused-ring (bicyclic) bond motifs is 3. The fraction of sp³-hybridized carbons (Fsp3) is 0.0667. The number of benzene rings is 10. The molecular formula is C60H43N. The third-order valence-electron chi connectivity index (χ3n) is 13.7. The standard InChI is InChI=1S/C60H43N/c1-59(2)53-29-13-12-28-51(53)52-34-33-47(38-55(52)59)60(46-24-10-5-11-25-46)54-30-16-21-42-31-32-45-37-50(39-56(60)58(45)57(42)54)61(48-26-14-22-43(35-48)40-17-6-3-7-18-40)49-27-15-23-44(36-49)41-19-8-4-9-20-41/h3-39H,1-2H3. The van der Waals surface area contributed by atoms with E-state index in [4.69, 9.17) is 0 Å². The molecule has 0 fully saturated rings. The van der Waals surface area contributed by atoms with Crippen LogP contribution in [0.2, 0.25) is 0 Å². The van der Waals surface area contributed by atoms with Gasteiger partial charge in [-0.1, -0.05) is 202 Å². The molecule has 2 aliphatic carbocycles. The van der Waals surface area contributed by atoms with Crippen LogP contribution in [0.5, 0.6) is 0 Å². The van der Waals surface area contributed by atoms with E-state index in [0.717, 1.165) is 17.1 Å². The molecule has 1 atom stereocenters. The summed E-state index contributed by atoms with van der Waals surface area (Å²) in [4.78, 5) is 2.47. The van der Waals surface area contributed by atoms with E-state index in [2.05, 4.69) is 243 Å². The second kappa shape index (κ2) is 13.5. The Morgan fingerprint density at radius 1 is 0.311 bits per heavy atom. The van der Waals surface area contributed by atoms with Crippen LogP contribution in [-0.2, 0) is 10.8 Å². The molecule has 61 heavy (non-hydrogen) atoms. The highest BCUT2D eigenvalue weighted by Crippen LogP contribution is 2.59.